The van der Waals surface area contributed by atoms with Crippen molar-refractivity contribution >= 4 is 0 Å². The average Bonchev–Trinajstić information content (AvgIpc) is 3.28. The van der Waals surface area contributed by atoms with E-state index in [1.807, 2.05) is 0 Å². The van der Waals surface area contributed by atoms with E-state index < -0.39 is 80.7 Å². The van der Waals surface area contributed by atoms with Crippen LogP contribution in [0.25, 0.3) is 0 Å². The van der Waals surface area contributed by atoms with Crippen LogP contribution < -0.4 is 0 Å². The van der Waals surface area contributed by atoms with Crippen molar-refractivity contribution in [3.05, 3.63) is 0 Å². The molecule has 0 saturated carbocycles. The van der Waals surface area contributed by atoms with Gasteiger partial charge in [0.05, 0.1) is 26.4 Å². The molecule has 13 heteroatoms. The van der Waals surface area contributed by atoms with Gasteiger partial charge in [-0.1, -0.05) is 185 Å². The van der Waals surface area contributed by atoms with Gasteiger partial charge in [-0.05, 0) is 60.2 Å². The number of aliphatic hydroxyl groups excluding tert-OH is 7. The Labute approximate surface area is 415 Å². The smallest absolute Gasteiger partial charge is 0.186 e. The van der Waals surface area contributed by atoms with Crippen molar-refractivity contribution in [2.75, 3.05) is 39.6 Å². The summed E-state index contributed by atoms with van der Waals surface area (Å²) in [6.45, 7) is 23.7. The van der Waals surface area contributed by atoms with Crippen molar-refractivity contribution < 1.29 is 64.2 Å². The number of hydrogen-bond donors (Lipinski definition) is 7. The molecule has 17 atom stereocenters. The van der Waals surface area contributed by atoms with Crippen molar-refractivity contribution in [2.24, 2.45) is 47.3 Å². The largest absolute Gasteiger partial charge is 0.394 e. The van der Waals surface area contributed by atoms with Crippen LogP contribution >= 0.6 is 0 Å². The van der Waals surface area contributed by atoms with Crippen LogP contribution in [-0.4, -0.2) is 143 Å². The van der Waals surface area contributed by atoms with E-state index >= 15 is 0 Å². The third kappa shape index (κ3) is 27.0. The molecule has 0 aromatic carbocycles. The SMILES string of the molecule is CC(C)CCC[C@@H](C)CCC[C@@H](C)CCC[C@@H](C)CCO[C@@H](COCC[C@@H](C)CCC[C@@H](C)CCC[C@@H](C)CCCC(C)C)CO[C@@H]1O[C@H](CO[C@@H]2O[C@H](CO)[C@@H](O)[C@H](O)[C@H]2O)[C@@H](O)[C@H](O)[C@H]1O. The predicted molar refractivity (Wildman–Crippen MR) is 270 cm³/mol. The second-order valence-electron chi connectivity index (χ2n) is 23.0. The summed E-state index contributed by atoms with van der Waals surface area (Å²) in [5.41, 5.74) is 0. The first-order chi connectivity index (χ1) is 32.3. The maximum absolute atomic E-state index is 10.9. The zero-order chi connectivity index (χ0) is 50.6. The minimum Gasteiger partial charge on any atom is -0.394 e. The third-order valence-corrected chi connectivity index (χ3v) is 14.9. The molecule has 0 aromatic rings. The number of rotatable bonds is 40. The summed E-state index contributed by atoms with van der Waals surface area (Å²) in [6, 6.07) is 0. The van der Waals surface area contributed by atoms with E-state index in [0.29, 0.717) is 25.0 Å². The molecule has 0 amide bonds. The molecule has 406 valence electrons. The molecule has 0 bridgehead atoms. The Balaban J connectivity index is 1.86. The highest BCUT2D eigenvalue weighted by molar-refractivity contribution is 4.92. The molecule has 13 nitrogen and oxygen atoms in total. The van der Waals surface area contributed by atoms with E-state index in [-0.39, 0.29) is 13.2 Å². The minimum atomic E-state index is -1.65. The highest BCUT2D eigenvalue weighted by Crippen LogP contribution is 2.28. The van der Waals surface area contributed by atoms with Crippen LogP contribution in [0.5, 0.6) is 0 Å². The Morgan fingerprint density at radius 3 is 1.15 bits per heavy atom. The van der Waals surface area contributed by atoms with E-state index in [2.05, 4.69) is 69.2 Å². The van der Waals surface area contributed by atoms with Gasteiger partial charge >= 0.3 is 0 Å². The van der Waals surface area contributed by atoms with Crippen molar-refractivity contribution in [3.8, 4) is 0 Å². The van der Waals surface area contributed by atoms with Gasteiger partial charge in [0.25, 0.3) is 0 Å². The maximum Gasteiger partial charge on any atom is 0.186 e. The predicted octanol–water partition coefficient (Wildman–Crippen LogP) is 8.96. The van der Waals surface area contributed by atoms with E-state index in [9.17, 15) is 35.7 Å². The summed E-state index contributed by atoms with van der Waals surface area (Å²) in [5.74, 6) is 5.74. The van der Waals surface area contributed by atoms with Crippen LogP contribution in [0.4, 0.5) is 0 Å². The van der Waals surface area contributed by atoms with Gasteiger partial charge in [-0.2, -0.15) is 0 Å². The molecule has 2 fully saturated rings. The van der Waals surface area contributed by atoms with Crippen LogP contribution in [0.15, 0.2) is 0 Å². The monoisotopic (exact) mass is 977 g/mol. The first kappa shape index (κ1) is 63.6. The molecular weight excluding hydrogens is 869 g/mol. The van der Waals surface area contributed by atoms with Crippen molar-refractivity contribution in [1.29, 1.82) is 0 Å². The summed E-state index contributed by atoms with van der Waals surface area (Å²) < 4.78 is 35.5. The summed E-state index contributed by atoms with van der Waals surface area (Å²) >= 11 is 0. The fraction of sp³-hybridized carbons (Fsp3) is 1.00. The third-order valence-electron chi connectivity index (χ3n) is 14.9. The van der Waals surface area contributed by atoms with Crippen molar-refractivity contribution in [3.63, 3.8) is 0 Å². The van der Waals surface area contributed by atoms with E-state index in [4.69, 9.17) is 28.4 Å². The molecule has 0 radical (unpaired) electrons. The average molecular weight is 977 g/mol. The van der Waals surface area contributed by atoms with Gasteiger partial charge in [-0.15, -0.1) is 0 Å². The minimum absolute atomic E-state index is 0.00274. The van der Waals surface area contributed by atoms with E-state index in [0.717, 1.165) is 54.8 Å². The molecule has 0 unspecified atom stereocenters. The van der Waals surface area contributed by atoms with Crippen LogP contribution in [0.3, 0.4) is 0 Å². The number of aliphatic hydroxyl groups is 7. The Hall–Kier alpha value is -0.520. The molecule has 2 rings (SSSR count). The molecule has 7 N–H and O–H groups in total. The van der Waals surface area contributed by atoms with Crippen LogP contribution in [0.2, 0.25) is 0 Å². The zero-order valence-electron chi connectivity index (χ0n) is 44.9. The molecule has 2 aliphatic rings. The molecule has 2 aliphatic heterocycles. The van der Waals surface area contributed by atoms with Gasteiger partial charge in [0, 0.05) is 13.2 Å². The van der Waals surface area contributed by atoms with Crippen molar-refractivity contribution in [2.45, 2.75) is 265 Å². The van der Waals surface area contributed by atoms with Gasteiger partial charge in [-0.25, -0.2) is 0 Å². The summed E-state index contributed by atoms with van der Waals surface area (Å²) in [7, 11) is 0. The van der Waals surface area contributed by atoms with Crippen LogP contribution in [0.1, 0.15) is 198 Å². The normalized spacial score (nSPS) is 29.0. The topological polar surface area (TPSA) is 197 Å². The highest BCUT2D eigenvalue weighted by atomic mass is 16.7. The quantitative estimate of drug-likeness (QED) is 0.0288. The Bertz CT molecular complexity index is 1190. The van der Waals surface area contributed by atoms with Gasteiger partial charge in [0.15, 0.2) is 12.6 Å². The first-order valence-electron chi connectivity index (χ1n) is 27.7. The fourth-order valence-corrected chi connectivity index (χ4v) is 9.74. The maximum atomic E-state index is 10.9. The lowest BCUT2D eigenvalue weighted by molar-refractivity contribution is -0.333. The lowest BCUT2D eigenvalue weighted by atomic mass is 9.91. The zero-order valence-corrected chi connectivity index (χ0v) is 44.9. The van der Waals surface area contributed by atoms with E-state index in [1.54, 1.807) is 0 Å². The molecular formula is C55H108O13. The Kier molecular flexibility index (Phi) is 34.1. The number of ether oxygens (including phenoxy) is 6. The molecule has 0 spiro atoms. The lowest BCUT2D eigenvalue weighted by Gasteiger charge is -2.42. The summed E-state index contributed by atoms with van der Waals surface area (Å²) in [4.78, 5) is 0. The molecule has 2 heterocycles. The standard InChI is InChI=1S/C55H108O13/c1-37(2)17-11-19-39(5)21-13-23-41(7)25-15-27-43(9)29-31-63-34-45(64-32-30-44(10)28-16-26-42(8)24-14-22-40(6)20-12-18-38(3)4)35-65-54-53(62)51(60)49(58)47(68-54)36-66-55-52(61)50(59)48(57)46(33-56)67-55/h37-62H,11-36H2,1-10H3/t39-,40+,41-,42+,43-,44+,45-,46+,47+,48+,49+,50-,51-,52+,53+,54+,55+/m0/s1. The Morgan fingerprint density at radius 2 is 0.735 bits per heavy atom. The van der Waals surface area contributed by atoms with E-state index in [1.165, 1.54) is 109 Å². The summed E-state index contributed by atoms with van der Waals surface area (Å²) in [6.07, 6.45) is 9.68. The van der Waals surface area contributed by atoms with Gasteiger partial charge < -0.3 is 64.2 Å². The van der Waals surface area contributed by atoms with Crippen molar-refractivity contribution in [1.82, 2.24) is 0 Å². The molecule has 68 heavy (non-hydrogen) atoms. The number of hydrogen-bond acceptors (Lipinski definition) is 13. The summed E-state index contributed by atoms with van der Waals surface area (Å²) in [5, 5.41) is 72.7. The van der Waals surface area contributed by atoms with Crippen LogP contribution in [-0.2, 0) is 28.4 Å². The Morgan fingerprint density at radius 1 is 0.382 bits per heavy atom. The van der Waals surface area contributed by atoms with Gasteiger partial charge in [0.1, 0.15) is 54.9 Å². The second kappa shape index (κ2) is 36.4. The van der Waals surface area contributed by atoms with Gasteiger partial charge in [-0.3, -0.25) is 0 Å². The lowest BCUT2D eigenvalue weighted by Crippen LogP contribution is -2.61. The molecule has 0 aromatic heterocycles. The van der Waals surface area contributed by atoms with Gasteiger partial charge in [0.2, 0.25) is 0 Å². The first-order valence-corrected chi connectivity index (χ1v) is 27.7. The fourth-order valence-electron chi connectivity index (χ4n) is 9.74. The second-order valence-corrected chi connectivity index (χ2v) is 23.0. The highest BCUT2D eigenvalue weighted by Gasteiger charge is 2.47. The molecule has 2 saturated heterocycles. The molecule has 0 aliphatic carbocycles. The van der Waals surface area contributed by atoms with Crippen LogP contribution in [0, 0.1) is 47.3 Å².